The molecule has 0 aromatic carbocycles. The normalized spacial score (nSPS) is 29.5. The van der Waals surface area contributed by atoms with Gasteiger partial charge in [0.15, 0.2) is 0 Å². The van der Waals surface area contributed by atoms with Crippen molar-refractivity contribution in [3.8, 4) is 0 Å². The van der Waals surface area contributed by atoms with Gasteiger partial charge in [-0.1, -0.05) is 25.8 Å². The number of piperidine rings is 1. The molecule has 1 aromatic heterocycles. The van der Waals surface area contributed by atoms with Crippen molar-refractivity contribution >= 4 is 11.3 Å². The van der Waals surface area contributed by atoms with Crippen molar-refractivity contribution in [1.29, 1.82) is 0 Å². The molecule has 1 saturated heterocycles. The summed E-state index contributed by atoms with van der Waals surface area (Å²) in [5.74, 6) is 0. The van der Waals surface area contributed by atoms with Crippen LogP contribution in [0.5, 0.6) is 0 Å². The quantitative estimate of drug-likeness (QED) is 0.870. The number of thiophene rings is 1. The van der Waals surface area contributed by atoms with Crippen LogP contribution in [0.1, 0.15) is 62.8 Å². The Morgan fingerprint density at radius 1 is 1.27 bits per heavy atom. The number of hydrogen-bond donors (Lipinski definition) is 2. The number of rotatable bonds is 5. The van der Waals surface area contributed by atoms with Gasteiger partial charge in [-0.3, -0.25) is 4.90 Å². The smallest absolute Gasteiger partial charge is 0.0695 e. The van der Waals surface area contributed by atoms with Gasteiger partial charge in [-0.05, 0) is 43.6 Å². The summed E-state index contributed by atoms with van der Waals surface area (Å²) in [4.78, 5) is 4.02. The van der Waals surface area contributed by atoms with Crippen molar-refractivity contribution in [3.05, 3.63) is 22.4 Å². The van der Waals surface area contributed by atoms with E-state index in [2.05, 4.69) is 34.7 Å². The van der Waals surface area contributed by atoms with Gasteiger partial charge in [0.05, 0.1) is 6.10 Å². The van der Waals surface area contributed by atoms with Crippen LogP contribution in [0.4, 0.5) is 0 Å². The van der Waals surface area contributed by atoms with Crippen molar-refractivity contribution < 1.29 is 5.11 Å². The molecule has 1 aromatic rings. The third kappa shape index (κ3) is 3.91. The monoisotopic (exact) mass is 322 g/mol. The van der Waals surface area contributed by atoms with E-state index in [0.717, 1.165) is 25.9 Å². The zero-order valence-corrected chi connectivity index (χ0v) is 14.5. The lowest BCUT2D eigenvalue weighted by Gasteiger charge is -2.42. The summed E-state index contributed by atoms with van der Waals surface area (Å²) in [5, 5.41) is 16.3. The van der Waals surface area contributed by atoms with E-state index in [1.165, 1.54) is 37.0 Å². The molecule has 4 heteroatoms. The minimum absolute atomic E-state index is 0.0900. The van der Waals surface area contributed by atoms with E-state index in [9.17, 15) is 5.11 Å². The molecule has 0 bridgehead atoms. The van der Waals surface area contributed by atoms with E-state index >= 15 is 0 Å². The van der Waals surface area contributed by atoms with Crippen LogP contribution in [0.15, 0.2) is 17.5 Å². The predicted octanol–water partition coefficient (Wildman–Crippen LogP) is 3.56. The summed E-state index contributed by atoms with van der Waals surface area (Å²) in [6.07, 6.45) is 8.17. The van der Waals surface area contributed by atoms with Crippen molar-refractivity contribution in [1.82, 2.24) is 10.2 Å². The Hall–Kier alpha value is -0.420. The Labute approximate surface area is 138 Å². The summed E-state index contributed by atoms with van der Waals surface area (Å²) in [7, 11) is 0. The molecule has 2 aliphatic rings. The summed E-state index contributed by atoms with van der Waals surface area (Å²) in [6, 6.07) is 5.96. The van der Waals surface area contributed by atoms with Crippen LogP contribution in [0, 0.1) is 0 Å². The van der Waals surface area contributed by atoms with Crippen LogP contribution in [0.2, 0.25) is 0 Å². The molecule has 124 valence electrons. The molecular formula is C18H30N2OS. The zero-order valence-electron chi connectivity index (χ0n) is 13.7. The minimum atomic E-state index is -0.0900. The Balaban J connectivity index is 1.49. The highest BCUT2D eigenvalue weighted by Gasteiger charge is 2.31. The molecule has 2 fully saturated rings. The lowest BCUT2D eigenvalue weighted by Crippen LogP contribution is -2.51. The largest absolute Gasteiger partial charge is 0.391 e. The zero-order chi connectivity index (χ0) is 15.4. The maximum atomic E-state index is 10.2. The molecule has 22 heavy (non-hydrogen) atoms. The second-order valence-electron chi connectivity index (χ2n) is 6.87. The fourth-order valence-electron chi connectivity index (χ4n) is 4.09. The summed E-state index contributed by atoms with van der Waals surface area (Å²) in [5.41, 5.74) is 0. The molecule has 0 spiro atoms. The van der Waals surface area contributed by atoms with Crippen molar-refractivity contribution in [3.63, 3.8) is 0 Å². The number of hydrogen-bond acceptors (Lipinski definition) is 4. The second-order valence-corrected chi connectivity index (χ2v) is 7.85. The van der Waals surface area contributed by atoms with Gasteiger partial charge >= 0.3 is 0 Å². The van der Waals surface area contributed by atoms with Crippen LogP contribution < -0.4 is 5.32 Å². The van der Waals surface area contributed by atoms with E-state index in [1.54, 1.807) is 0 Å². The molecule has 3 unspecified atom stereocenters. The van der Waals surface area contributed by atoms with Gasteiger partial charge in [0.25, 0.3) is 0 Å². The molecule has 2 N–H and O–H groups in total. The molecule has 1 saturated carbocycles. The maximum Gasteiger partial charge on any atom is 0.0695 e. The SMILES string of the molecule is CCC(NC1CCN(C2CCCCC2O)CC1)c1cccs1. The number of aliphatic hydroxyl groups excluding tert-OH is 1. The molecular weight excluding hydrogens is 292 g/mol. The van der Waals surface area contributed by atoms with Crippen LogP contribution in [0.25, 0.3) is 0 Å². The predicted molar refractivity (Wildman–Crippen MR) is 93.3 cm³/mol. The number of nitrogens with zero attached hydrogens (tertiary/aromatic N) is 1. The lowest BCUT2D eigenvalue weighted by molar-refractivity contribution is 0.00659. The highest BCUT2D eigenvalue weighted by molar-refractivity contribution is 7.10. The third-order valence-corrected chi connectivity index (χ3v) is 6.41. The average Bonchev–Trinajstić information content (AvgIpc) is 3.08. The Kier molecular flexibility index (Phi) is 5.91. The molecule has 1 aliphatic carbocycles. The molecule has 2 heterocycles. The standard InChI is InChI=1S/C18H30N2OS/c1-2-15(18-8-5-13-22-18)19-14-9-11-20(12-10-14)16-6-3-4-7-17(16)21/h5,8,13-17,19,21H,2-4,6-7,9-12H2,1H3. The van der Waals surface area contributed by atoms with E-state index in [1.807, 2.05) is 11.3 Å². The third-order valence-electron chi connectivity index (χ3n) is 5.42. The van der Waals surface area contributed by atoms with Crippen LogP contribution in [0.3, 0.4) is 0 Å². The number of nitrogens with one attached hydrogen (secondary N) is 1. The molecule has 3 rings (SSSR count). The number of aliphatic hydroxyl groups is 1. The fourth-order valence-corrected chi connectivity index (χ4v) is 4.96. The number of likely N-dealkylation sites (tertiary alicyclic amines) is 1. The van der Waals surface area contributed by atoms with Gasteiger partial charge in [-0.25, -0.2) is 0 Å². The summed E-state index contributed by atoms with van der Waals surface area (Å²) in [6.45, 7) is 4.55. The summed E-state index contributed by atoms with van der Waals surface area (Å²) >= 11 is 1.86. The van der Waals surface area contributed by atoms with Gasteiger partial charge in [-0.15, -0.1) is 11.3 Å². The van der Waals surface area contributed by atoms with Gasteiger partial charge in [0.1, 0.15) is 0 Å². The highest BCUT2D eigenvalue weighted by Crippen LogP contribution is 2.28. The average molecular weight is 323 g/mol. The van der Waals surface area contributed by atoms with E-state index in [4.69, 9.17) is 0 Å². The Bertz CT molecular complexity index is 428. The summed E-state index contributed by atoms with van der Waals surface area (Å²) < 4.78 is 0. The second kappa shape index (κ2) is 7.91. The first-order valence-electron chi connectivity index (χ1n) is 8.99. The molecule has 0 radical (unpaired) electrons. The Morgan fingerprint density at radius 2 is 2.05 bits per heavy atom. The topological polar surface area (TPSA) is 35.5 Å². The van der Waals surface area contributed by atoms with Crippen molar-refractivity contribution in [2.45, 2.75) is 76.1 Å². The first kappa shape index (κ1) is 16.4. The van der Waals surface area contributed by atoms with Crippen molar-refractivity contribution in [2.24, 2.45) is 0 Å². The molecule has 0 amide bonds. The van der Waals surface area contributed by atoms with Gasteiger partial charge in [0, 0.05) is 36.1 Å². The van der Waals surface area contributed by atoms with Crippen LogP contribution >= 0.6 is 11.3 Å². The van der Waals surface area contributed by atoms with Crippen LogP contribution in [-0.4, -0.2) is 41.3 Å². The van der Waals surface area contributed by atoms with Gasteiger partial charge in [0.2, 0.25) is 0 Å². The van der Waals surface area contributed by atoms with E-state index in [0.29, 0.717) is 18.1 Å². The van der Waals surface area contributed by atoms with E-state index in [-0.39, 0.29) is 6.10 Å². The fraction of sp³-hybridized carbons (Fsp3) is 0.778. The van der Waals surface area contributed by atoms with Crippen LogP contribution in [-0.2, 0) is 0 Å². The van der Waals surface area contributed by atoms with Crippen molar-refractivity contribution in [2.75, 3.05) is 13.1 Å². The molecule has 3 nitrogen and oxygen atoms in total. The molecule has 1 aliphatic heterocycles. The molecule has 3 atom stereocenters. The Morgan fingerprint density at radius 3 is 2.68 bits per heavy atom. The highest BCUT2D eigenvalue weighted by atomic mass is 32.1. The first-order valence-corrected chi connectivity index (χ1v) is 9.87. The van der Waals surface area contributed by atoms with Gasteiger partial charge in [-0.2, -0.15) is 0 Å². The first-order chi connectivity index (χ1) is 10.8. The van der Waals surface area contributed by atoms with E-state index < -0.39 is 0 Å². The maximum absolute atomic E-state index is 10.2. The minimum Gasteiger partial charge on any atom is -0.391 e. The van der Waals surface area contributed by atoms with Gasteiger partial charge < -0.3 is 10.4 Å². The lowest BCUT2D eigenvalue weighted by atomic mass is 9.89.